The van der Waals surface area contributed by atoms with Crippen LogP contribution in [0.1, 0.15) is 236 Å². The first kappa shape index (κ1) is 70.3. The van der Waals surface area contributed by atoms with Crippen molar-refractivity contribution >= 4 is 45.2 Å². The molecule has 6 nitrogen and oxygen atoms in total. The molecule has 8 aromatic rings. The van der Waals surface area contributed by atoms with Crippen molar-refractivity contribution in [1.29, 1.82) is 0 Å². The summed E-state index contributed by atoms with van der Waals surface area (Å²) < 4.78 is 44.3. The molecule has 0 radical (unpaired) electrons. The van der Waals surface area contributed by atoms with Gasteiger partial charge >= 0.3 is 0 Å². The third-order valence-corrected chi connectivity index (χ3v) is 19.8. The van der Waals surface area contributed by atoms with E-state index in [1.807, 2.05) is 28.4 Å². The predicted molar refractivity (Wildman–Crippen MR) is 401 cm³/mol. The van der Waals surface area contributed by atoms with Crippen LogP contribution >= 0.6 is 45.2 Å². The van der Waals surface area contributed by atoms with Crippen LogP contribution in [0.4, 0.5) is 0 Å². The number of methoxy groups -OCH3 is 4. The normalized spacial score (nSPS) is 13.5. The van der Waals surface area contributed by atoms with Crippen LogP contribution in [-0.4, -0.2) is 28.4 Å². The third-order valence-electron chi connectivity index (χ3n) is 18.3. The number of ether oxygens (including phenoxy) is 6. The summed E-state index contributed by atoms with van der Waals surface area (Å²) in [7, 11) is 7.36. The molecule has 9 rings (SSSR count). The molecule has 0 heterocycles. The van der Waals surface area contributed by atoms with Gasteiger partial charge in [-0.2, -0.15) is 0 Å². The topological polar surface area (TPSA) is 55.4 Å². The van der Waals surface area contributed by atoms with Crippen molar-refractivity contribution in [2.45, 2.75) is 209 Å². The molecular formula is C84H102I2O6. The molecule has 1 aliphatic rings. The molecule has 0 fully saturated rings. The minimum atomic E-state index is -0.202. The zero-order valence-corrected chi connectivity index (χ0v) is 63.7. The Morgan fingerprint density at radius 3 is 0.543 bits per heavy atom. The van der Waals surface area contributed by atoms with Crippen molar-refractivity contribution in [2.75, 3.05) is 28.4 Å². The van der Waals surface area contributed by atoms with Crippen molar-refractivity contribution < 1.29 is 28.4 Å². The molecule has 0 atom stereocenters. The molecule has 0 N–H and O–H groups in total. The maximum absolute atomic E-state index is 7.39. The monoisotopic (exact) mass is 1460 g/mol. The van der Waals surface area contributed by atoms with Crippen molar-refractivity contribution in [2.24, 2.45) is 0 Å². The summed E-state index contributed by atoms with van der Waals surface area (Å²) in [6.07, 6.45) is 3.42. The minimum absolute atomic E-state index is 0.196. The highest BCUT2D eigenvalue weighted by atomic mass is 127. The first-order valence-corrected chi connectivity index (χ1v) is 35.0. The molecular weight excluding hydrogens is 1360 g/mol. The van der Waals surface area contributed by atoms with E-state index in [0.717, 1.165) is 112 Å². The Bertz CT molecular complexity index is 3530. The molecule has 0 spiro atoms. The van der Waals surface area contributed by atoms with Crippen LogP contribution in [0.5, 0.6) is 34.5 Å². The van der Waals surface area contributed by atoms with Gasteiger partial charge in [0.1, 0.15) is 47.7 Å². The van der Waals surface area contributed by atoms with E-state index in [0.29, 0.717) is 51.7 Å². The Kier molecular flexibility index (Phi) is 20.9. The Morgan fingerprint density at radius 1 is 0.250 bits per heavy atom. The van der Waals surface area contributed by atoms with E-state index >= 15 is 0 Å². The summed E-state index contributed by atoms with van der Waals surface area (Å²) in [6, 6.07) is 46.1. The standard InChI is InChI=1S/C84H102I2O6/c1-79(2,3)65-37-53-31-54-38-66(80(4,5)6)42-58(74(54)88-20)34-63-47-70(84(16,17)18)48-64(78(63)92-50-52-25-29-72(86)30-26-52)36-60-44-68(82(10,11)12)40-56(76(60)90-22)32-55-39-67(81(7,8)9)43-59(75(55)89-21)35-62-46-69(83(13,14)15)45-61(33-57(41-65)73(53)87-19)77(62)91-49-51-23-27-71(85)28-24-51/h23-30,37-48H,31-36,49-50H2,1-22H3. The Hall–Kier alpha value is -5.98. The number of fused-ring (bicyclic) bond motifs is 12. The summed E-state index contributed by atoms with van der Waals surface area (Å²) in [5.41, 5.74) is 21.7. The number of hydrogen-bond acceptors (Lipinski definition) is 6. The minimum Gasteiger partial charge on any atom is -0.496 e. The number of hydrogen-bond donors (Lipinski definition) is 0. The molecule has 92 heavy (non-hydrogen) atoms. The molecule has 0 saturated carbocycles. The lowest BCUT2D eigenvalue weighted by Crippen LogP contribution is -2.17. The lowest BCUT2D eigenvalue weighted by Gasteiger charge is -2.29. The van der Waals surface area contributed by atoms with Gasteiger partial charge in [0.15, 0.2) is 0 Å². The number of benzene rings is 8. The van der Waals surface area contributed by atoms with Crippen LogP contribution in [0.2, 0.25) is 0 Å². The maximum atomic E-state index is 7.39. The highest BCUT2D eigenvalue weighted by Gasteiger charge is 2.31. The van der Waals surface area contributed by atoms with E-state index in [1.165, 1.54) is 40.5 Å². The highest BCUT2D eigenvalue weighted by molar-refractivity contribution is 14.1. The molecule has 12 bridgehead atoms. The summed E-state index contributed by atoms with van der Waals surface area (Å²) in [6.45, 7) is 42.5. The van der Waals surface area contributed by atoms with Crippen molar-refractivity contribution in [3.05, 3.63) is 240 Å². The van der Waals surface area contributed by atoms with Gasteiger partial charge < -0.3 is 28.4 Å². The van der Waals surface area contributed by atoms with E-state index in [4.69, 9.17) is 28.4 Å². The van der Waals surface area contributed by atoms with Crippen molar-refractivity contribution in [1.82, 2.24) is 0 Å². The van der Waals surface area contributed by atoms with Crippen LogP contribution in [0.25, 0.3) is 0 Å². The molecule has 0 saturated heterocycles. The predicted octanol–water partition coefficient (Wildman–Crippen LogP) is 21.7. The lowest BCUT2D eigenvalue weighted by molar-refractivity contribution is 0.300. The molecule has 8 aromatic carbocycles. The Balaban J connectivity index is 1.42. The summed E-state index contributed by atoms with van der Waals surface area (Å²) in [5.74, 6) is 5.25. The molecule has 0 aliphatic heterocycles. The molecule has 488 valence electrons. The largest absolute Gasteiger partial charge is 0.496 e. The lowest BCUT2D eigenvalue weighted by atomic mass is 9.79. The van der Waals surface area contributed by atoms with E-state index in [2.05, 4.69) is 291 Å². The van der Waals surface area contributed by atoms with Crippen LogP contribution in [0, 0.1) is 7.14 Å². The van der Waals surface area contributed by atoms with Crippen LogP contribution in [0.3, 0.4) is 0 Å². The molecule has 0 amide bonds. The molecule has 1 aliphatic carbocycles. The van der Waals surface area contributed by atoms with Gasteiger partial charge in [0, 0.05) is 45.7 Å². The second-order valence-electron chi connectivity index (χ2n) is 31.9. The van der Waals surface area contributed by atoms with Gasteiger partial charge in [-0.25, -0.2) is 0 Å². The fraction of sp³-hybridized carbons (Fsp3) is 0.429. The van der Waals surface area contributed by atoms with Gasteiger partial charge in [0.05, 0.1) is 28.4 Å². The zero-order valence-electron chi connectivity index (χ0n) is 59.4. The molecule has 0 unspecified atom stereocenters. The second kappa shape index (κ2) is 27.4. The summed E-state index contributed by atoms with van der Waals surface area (Å²) >= 11 is 4.77. The number of rotatable bonds is 10. The average molecular weight is 1460 g/mol. The summed E-state index contributed by atoms with van der Waals surface area (Å²) in [4.78, 5) is 0. The van der Waals surface area contributed by atoms with E-state index < -0.39 is 0 Å². The van der Waals surface area contributed by atoms with Crippen LogP contribution < -0.4 is 28.4 Å². The van der Waals surface area contributed by atoms with Gasteiger partial charge in [0.25, 0.3) is 0 Å². The van der Waals surface area contributed by atoms with Gasteiger partial charge in [-0.3, -0.25) is 0 Å². The Labute approximate surface area is 580 Å². The second-order valence-corrected chi connectivity index (χ2v) is 34.4. The fourth-order valence-electron chi connectivity index (χ4n) is 12.8. The smallest absolute Gasteiger partial charge is 0.126 e. The van der Waals surface area contributed by atoms with E-state index in [1.54, 1.807) is 0 Å². The van der Waals surface area contributed by atoms with Gasteiger partial charge in [-0.05, 0) is 213 Å². The fourth-order valence-corrected chi connectivity index (χ4v) is 13.5. The summed E-state index contributed by atoms with van der Waals surface area (Å²) in [5, 5.41) is 0. The number of halogens is 2. The van der Waals surface area contributed by atoms with Crippen molar-refractivity contribution in [3.8, 4) is 34.5 Å². The SMILES string of the molecule is COc1c2cc(C(C)(C)C)cc1Cc1cc(C(C)(C)C)cc(c1OCc1ccc(I)cc1)Cc1cc(C(C)(C)C)cc(c1OC)Cc1cc(C(C)(C)C)cc(c1OC)Cc1cc(C(C)(C)C)cc(c1OCc1ccc(I)cc1)Cc1cc(C(C)(C)C)cc(c1OC)C2. The quantitative estimate of drug-likeness (QED) is 0.127. The van der Waals surface area contributed by atoms with Crippen molar-refractivity contribution in [3.63, 3.8) is 0 Å². The van der Waals surface area contributed by atoms with Gasteiger partial charge in [0.2, 0.25) is 0 Å². The molecule has 8 heteroatoms. The van der Waals surface area contributed by atoms with E-state index in [9.17, 15) is 0 Å². The third kappa shape index (κ3) is 16.4. The average Bonchev–Trinajstić information content (AvgIpc) is 0.782. The first-order chi connectivity index (χ1) is 42.9. The van der Waals surface area contributed by atoms with E-state index in [-0.39, 0.29) is 32.5 Å². The molecule has 0 aromatic heterocycles. The highest BCUT2D eigenvalue weighted by Crippen LogP contribution is 2.46. The zero-order chi connectivity index (χ0) is 67.2. The van der Waals surface area contributed by atoms with Crippen LogP contribution in [0.15, 0.2) is 121 Å². The Morgan fingerprint density at radius 2 is 0.402 bits per heavy atom. The maximum Gasteiger partial charge on any atom is 0.126 e. The van der Waals surface area contributed by atoms with Gasteiger partial charge in [-0.1, -0.05) is 222 Å². The van der Waals surface area contributed by atoms with Crippen LogP contribution in [-0.2, 0) is 84.2 Å². The van der Waals surface area contributed by atoms with Gasteiger partial charge in [-0.15, -0.1) is 0 Å². The first-order valence-electron chi connectivity index (χ1n) is 32.8.